The van der Waals surface area contributed by atoms with Gasteiger partial charge in [-0.05, 0) is 36.7 Å². The second-order valence-electron chi connectivity index (χ2n) is 2.67. The fourth-order valence-corrected chi connectivity index (χ4v) is 1.40. The van der Waals surface area contributed by atoms with Crippen LogP contribution >= 0.6 is 34.8 Å². The molecule has 2 nitrogen and oxygen atoms in total. The molecule has 0 N–H and O–H groups in total. The number of halogens is 3. The van der Waals surface area contributed by atoms with E-state index in [0.29, 0.717) is 15.8 Å². The topological polar surface area (TPSA) is 26.3 Å². The number of carbonyl (C=O) groups excluding carboxylic acids is 1. The van der Waals surface area contributed by atoms with E-state index in [4.69, 9.17) is 39.5 Å². The van der Waals surface area contributed by atoms with Crippen molar-refractivity contribution in [3.05, 3.63) is 28.2 Å². The number of ether oxygens (including phenoxy) is 1. The highest BCUT2D eigenvalue weighted by Gasteiger charge is 2.11. The number of rotatable bonds is 3. The average Bonchev–Trinajstić information content (AvgIpc) is 2.01. The van der Waals surface area contributed by atoms with Crippen molar-refractivity contribution >= 4 is 40.0 Å². The van der Waals surface area contributed by atoms with E-state index in [1.165, 1.54) is 0 Å². The van der Waals surface area contributed by atoms with Gasteiger partial charge in [-0.15, -0.1) is 0 Å². The summed E-state index contributed by atoms with van der Waals surface area (Å²) in [4.78, 5) is 10.7. The lowest BCUT2D eigenvalue weighted by molar-refractivity contribution is -0.117. The maximum atomic E-state index is 10.7. The molecule has 1 atom stereocenters. The first-order valence-electron chi connectivity index (χ1n) is 3.81. The minimum Gasteiger partial charge on any atom is -0.481 e. The van der Waals surface area contributed by atoms with E-state index in [9.17, 15) is 4.79 Å². The minimum atomic E-state index is -0.716. The molecule has 0 heterocycles. The number of hydrogen-bond donors (Lipinski definition) is 0. The van der Waals surface area contributed by atoms with Crippen molar-refractivity contribution in [1.29, 1.82) is 0 Å². The standard InChI is InChI=1S/C9H7Cl3O2/c1-5(9(12)13)14-8-3-6(10)2-7(11)4-8/h2-5H,1H3. The molecule has 0 bridgehead atoms. The zero-order valence-electron chi connectivity index (χ0n) is 7.26. The summed E-state index contributed by atoms with van der Waals surface area (Å²) in [6, 6.07) is 4.69. The third kappa shape index (κ3) is 3.37. The molecule has 0 aliphatic rings. The smallest absolute Gasteiger partial charge is 0.262 e. The van der Waals surface area contributed by atoms with Gasteiger partial charge in [-0.25, -0.2) is 0 Å². The molecule has 0 radical (unpaired) electrons. The molecular weight excluding hydrogens is 246 g/mol. The largest absolute Gasteiger partial charge is 0.481 e. The van der Waals surface area contributed by atoms with E-state index in [1.54, 1.807) is 25.1 Å². The van der Waals surface area contributed by atoms with Crippen LogP contribution in [-0.4, -0.2) is 11.3 Å². The summed E-state index contributed by atoms with van der Waals surface area (Å²) in [7, 11) is 0. The van der Waals surface area contributed by atoms with Gasteiger partial charge >= 0.3 is 0 Å². The first-order chi connectivity index (χ1) is 6.49. The Morgan fingerprint density at radius 1 is 1.29 bits per heavy atom. The van der Waals surface area contributed by atoms with Gasteiger partial charge in [0.25, 0.3) is 5.24 Å². The SMILES string of the molecule is CC(Oc1cc(Cl)cc(Cl)c1)C(=O)Cl. The number of carbonyl (C=O) groups is 1. The van der Waals surface area contributed by atoms with Crippen LogP contribution in [0.4, 0.5) is 0 Å². The third-order valence-electron chi connectivity index (χ3n) is 1.47. The zero-order valence-corrected chi connectivity index (χ0v) is 9.53. The quantitative estimate of drug-likeness (QED) is 0.770. The summed E-state index contributed by atoms with van der Waals surface area (Å²) in [6.07, 6.45) is -0.716. The Kier molecular flexibility index (Phi) is 4.05. The molecular formula is C9H7Cl3O2. The Balaban J connectivity index is 2.81. The van der Waals surface area contributed by atoms with Gasteiger partial charge in [-0.3, -0.25) is 4.79 Å². The van der Waals surface area contributed by atoms with E-state index in [1.807, 2.05) is 0 Å². The Bertz CT molecular complexity index is 332. The van der Waals surface area contributed by atoms with Crippen LogP contribution in [0.2, 0.25) is 10.0 Å². The van der Waals surface area contributed by atoms with Gasteiger partial charge in [0, 0.05) is 10.0 Å². The van der Waals surface area contributed by atoms with Gasteiger partial charge in [-0.1, -0.05) is 23.2 Å². The summed E-state index contributed by atoms with van der Waals surface area (Å²) in [5.74, 6) is 0.420. The Labute approximate surface area is 96.7 Å². The molecule has 1 aromatic carbocycles. The molecule has 0 amide bonds. The fourth-order valence-electron chi connectivity index (χ4n) is 0.847. The van der Waals surface area contributed by atoms with Gasteiger partial charge in [0.15, 0.2) is 6.10 Å². The predicted molar refractivity (Wildman–Crippen MR) is 57.4 cm³/mol. The van der Waals surface area contributed by atoms with Crippen LogP contribution in [0.3, 0.4) is 0 Å². The van der Waals surface area contributed by atoms with E-state index in [2.05, 4.69) is 0 Å². The first kappa shape index (κ1) is 11.6. The Morgan fingerprint density at radius 2 is 1.79 bits per heavy atom. The summed E-state index contributed by atoms with van der Waals surface area (Å²) in [5, 5.41) is 0.324. The van der Waals surface area contributed by atoms with Gasteiger partial charge in [0.1, 0.15) is 5.75 Å². The summed E-state index contributed by atoms with van der Waals surface area (Å²) in [5.41, 5.74) is 0. The number of benzene rings is 1. The summed E-state index contributed by atoms with van der Waals surface area (Å²) in [6.45, 7) is 1.55. The molecule has 14 heavy (non-hydrogen) atoms. The maximum absolute atomic E-state index is 10.7. The third-order valence-corrected chi connectivity index (χ3v) is 2.21. The van der Waals surface area contributed by atoms with Crippen LogP contribution in [0.1, 0.15) is 6.92 Å². The average molecular weight is 254 g/mol. The van der Waals surface area contributed by atoms with E-state index in [-0.39, 0.29) is 0 Å². The Hall–Kier alpha value is -0.440. The van der Waals surface area contributed by atoms with E-state index < -0.39 is 11.3 Å². The lowest BCUT2D eigenvalue weighted by atomic mass is 10.3. The molecule has 0 saturated heterocycles. The van der Waals surface area contributed by atoms with Crippen LogP contribution in [0.25, 0.3) is 0 Å². The van der Waals surface area contributed by atoms with Crippen LogP contribution in [0.5, 0.6) is 5.75 Å². The van der Waals surface area contributed by atoms with Crippen molar-refractivity contribution in [2.24, 2.45) is 0 Å². The second kappa shape index (κ2) is 4.87. The molecule has 0 fully saturated rings. The molecule has 76 valence electrons. The summed E-state index contributed by atoms with van der Waals surface area (Å²) < 4.78 is 5.19. The van der Waals surface area contributed by atoms with Crippen LogP contribution in [0.15, 0.2) is 18.2 Å². The molecule has 0 saturated carbocycles. The van der Waals surface area contributed by atoms with E-state index >= 15 is 0 Å². The van der Waals surface area contributed by atoms with Crippen molar-refractivity contribution in [3.8, 4) is 5.75 Å². The summed E-state index contributed by atoms with van der Waals surface area (Å²) >= 11 is 16.7. The van der Waals surface area contributed by atoms with Crippen LogP contribution in [0, 0.1) is 0 Å². The first-order valence-corrected chi connectivity index (χ1v) is 4.94. The molecule has 1 rings (SSSR count). The molecule has 0 aliphatic carbocycles. The van der Waals surface area contributed by atoms with Crippen molar-refractivity contribution < 1.29 is 9.53 Å². The molecule has 0 spiro atoms. The maximum Gasteiger partial charge on any atom is 0.262 e. The monoisotopic (exact) mass is 252 g/mol. The van der Waals surface area contributed by atoms with Crippen molar-refractivity contribution in [2.45, 2.75) is 13.0 Å². The molecule has 0 aromatic heterocycles. The van der Waals surface area contributed by atoms with Crippen molar-refractivity contribution in [3.63, 3.8) is 0 Å². The van der Waals surface area contributed by atoms with Gasteiger partial charge in [0.2, 0.25) is 0 Å². The lowest BCUT2D eigenvalue weighted by Crippen LogP contribution is -2.18. The molecule has 0 aliphatic heterocycles. The zero-order chi connectivity index (χ0) is 10.7. The normalized spacial score (nSPS) is 12.3. The Morgan fingerprint density at radius 3 is 2.21 bits per heavy atom. The van der Waals surface area contributed by atoms with E-state index in [0.717, 1.165) is 0 Å². The highest BCUT2D eigenvalue weighted by Crippen LogP contribution is 2.25. The highest BCUT2D eigenvalue weighted by molar-refractivity contribution is 6.64. The van der Waals surface area contributed by atoms with Crippen LogP contribution < -0.4 is 4.74 Å². The lowest BCUT2D eigenvalue weighted by Gasteiger charge is -2.10. The molecule has 1 unspecified atom stereocenters. The highest BCUT2D eigenvalue weighted by atomic mass is 35.5. The van der Waals surface area contributed by atoms with Gasteiger partial charge in [0.05, 0.1) is 0 Å². The van der Waals surface area contributed by atoms with Crippen LogP contribution in [-0.2, 0) is 4.79 Å². The minimum absolute atomic E-state index is 0.420. The number of hydrogen-bond acceptors (Lipinski definition) is 2. The molecule has 1 aromatic rings. The van der Waals surface area contributed by atoms with Crippen molar-refractivity contribution in [2.75, 3.05) is 0 Å². The van der Waals surface area contributed by atoms with Crippen molar-refractivity contribution in [1.82, 2.24) is 0 Å². The second-order valence-corrected chi connectivity index (χ2v) is 3.91. The fraction of sp³-hybridized carbons (Fsp3) is 0.222. The van der Waals surface area contributed by atoms with Gasteiger partial charge < -0.3 is 4.74 Å². The molecule has 5 heteroatoms. The predicted octanol–water partition coefficient (Wildman–Crippen LogP) is 3.53. The van der Waals surface area contributed by atoms with Gasteiger partial charge in [-0.2, -0.15) is 0 Å².